The van der Waals surface area contributed by atoms with Crippen LogP contribution in [0.2, 0.25) is 0 Å². The molecule has 2 fully saturated rings. The quantitative estimate of drug-likeness (QED) is 0.670. The third kappa shape index (κ3) is 4.96. The molecule has 2 aliphatic heterocycles. The molecule has 2 aromatic rings. The summed E-state index contributed by atoms with van der Waals surface area (Å²) in [6, 6.07) is -0.199. The normalized spacial score (nSPS) is 21.1. The summed E-state index contributed by atoms with van der Waals surface area (Å²) >= 11 is 0. The highest BCUT2D eigenvalue weighted by Gasteiger charge is 2.38. The Bertz CT molecular complexity index is 1050. The van der Waals surface area contributed by atoms with Crippen LogP contribution in [0.15, 0.2) is 23.5 Å². The zero-order chi connectivity index (χ0) is 22.9. The fraction of sp³-hybridized carbons (Fsp3) is 0.611. The molecule has 10 nitrogen and oxygen atoms in total. The van der Waals surface area contributed by atoms with E-state index in [1.807, 2.05) is 0 Å². The number of piperidine rings is 1. The number of halogens is 3. The van der Waals surface area contributed by atoms with E-state index in [1.54, 1.807) is 7.05 Å². The molecule has 1 N–H and O–H groups in total. The third-order valence-electron chi connectivity index (χ3n) is 5.33. The van der Waals surface area contributed by atoms with E-state index in [4.69, 9.17) is 9.47 Å². The second-order valence-electron chi connectivity index (χ2n) is 7.69. The van der Waals surface area contributed by atoms with Crippen molar-refractivity contribution in [1.29, 1.82) is 0 Å². The number of hydrogen-bond donors (Lipinski definition) is 1. The van der Waals surface area contributed by atoms with Gasteiger partial charge in [-0.25, -0.2) is 13.4 Å². The molecule has 0 amide bonds. The smallest absolute Gasteiger partial charge is 0.423 e. The SMILES string of the molecule is Cn1cc(S(=O)(=O)N2CCC(Nc3ncc(C(F)(F)F)c(O[C@H]4CCOC4)n3)CC2)cn1. The van der Waals surface area contributed by atoms with Crippen LogP contribution in [0.1, 0.15) is 24.8 Å². The third-order valence-corrected chi connectivity index (χ3v) is 7.18. The number of sulfonamides is 1. The van der Waals surface area contributed by atoms with Crippen molar-refractivity contribution in [2.45, 2.75) is 42.5 Å². The molecule has 0 bridgehead atoms. The molecule has 0 unspecified atom stereocenters. The minimum Gasteiger partial charge on any atom is -0.471 e. The molecule has 14 heteroatoms. The first kappa shape index (κ1) is 22.7. The van der Waals surface area contributed by atoms with Gasteiger partial charge in [0.2, 0.25) is 21.9 Å². The fourth-order valence-corrected chi connectivity index (χ4v) is 5.04. The highest BCUT2D eigenvalue weighted by molar-refractivity contribution is 7.89. The van der Waals surface area contributed by atoms with Crippen LogP contribution in [0.5, 0.6) is 5.88 Å². The molecule has 0 radical (unpaired) electrons. The molecule has 2 saturated heterocycles. The van der Waals surface area contributed by atoms with Crippen molar-refractivity contribution in [3.63, 3.8) is 0 Å². The Kier molecular flexibility index (Phi) is 6.27. The van der Waals surface area contributed by atoms with Gasteiger partial charge in [0.25, 0.3) is 0 Å². The van der Waals surface area contributed by atoms with E-state index >= 15 is 0 Å². The van der Waals surface area contributed by atoms with Crippen molar-refractivity contribution in [3.05, 3.63) is 24.2 Å². The van der Waals surface area contributed by atoms with Crippen LogP contribution in [0.3, 0.4) is 0 Å². The molecule has 2 aromatic heterocycles. The van der Waals surface area contributed by atoms with Crippen molar-refractivity contribution in [2.75, 3.05) is 31.6 Å². The van der Waals surface area contributed by atoms with Crippen molar-refractivity contribution >= 4 is 16.0 Å². The van der Waals surface area contributed by atoms with Gasteiger partial charge in [-0.3, -0.25) is 4.68 Å². The number of nitrogens with zero attached hydrogens (tertiary/aromatic N) is 5. The minimum atomic E-state index is -4.65. The molecule has 1 atom stereocenters. The molecule has 2 aliphatic rings. The lowest BCUT2D eigenvalue weighted by Gasteiger charge is -2.31. The van der Waals surface area contributed by atoms with Gasteiger partial charge in [0, 0.05) is 45.0 Å². The highest BCUT2D eigenvalue weighted by Crippen LogP contribution is 2.36. The number of alkyl halides is 3. The summed E-state index contributed by atoms with van der Waals surface area (Å²) < 4.78 is 78.8. The Hall–Kier alpha value is -2.45. The van der Waals surface area contributed by atoms with Gasteiger partial charge in [0.15, 0.2) is 0 Å². The van der Waals surface area contributed by atoms with Gasteiger partial charge < -0.3 is 14.8 Å². The van der Waals surface area contributed by atoms with Gasteiger partial charge in [-0.05, 0) is 12.8 Å². The Balaban J connectivity index is 1.42. The van der Waals surface area contributed by atoms with E-state index in [0.29, 0.717) is 32.1 Å². The molecule has 0 aromatic carbocycles. The molecule has 0 saturated carbocycles. The van der Waals surface area contributed by atoms with Crippen LogP contribution < -0.4 is 10.1 Å². The molecule has 0 aliphatic carbocycles. The van der Waals surface area contributed by atoms with Crippen LogP contribution in [0, 0.1) is 0 Å². The maximum atomic E-state index is 13.3. The summed E-state index contributed by atoms with van der Waals surface area (Å²) in [6.45, 7) is 1.12. The first-order valence-corrected chi connectivity index (χ1v) is 11.5. The standard InChI is InChI=1S/C18H23F3N6O4S/c1-26-10-14(8-23-26)32(28,29)27-5-2-12(3-6-27)24-17-22-9-15(18(19,20)21)16(25-17)31-13-4-7-30-11-13/h8-10,12-13H,2-7,11H2,1H3,(H,22,24,25)/t13-/m0/s1. The van der Waals surface area contributed by atoms with Gasteiger partial charge in [0.05, 0.1) is 19.4 Å². The Morgan fingerprint density at radius 3 is 2.56 bits per heavy atom. The lowest BCUT2D eigenvalue weighted by atomic mass is 10.1. The largest absolute Gasteiger partial charge is 0.471 e. The number of aromatic nitrogens is 4. The predicted octanol–water partition coefficient (Wildman–Crippen LogP) is 1.66. The fourth-order valence-electron chi connectivity index (χ4n) is 3.59. The average molecular weight is 476 g/mol. The lowest BCUT2D eigenvalue weighted by molar-refractivity contribution is -0.139. The topological polar surface area (TPSA) is 111 Å². The first-order chi connectivity index (χ1) is 15.1. The zero-order valence-corrected chi connectivity index (χ0v) is 18.1. The van der Waals surface area contributed by atoms with Crippen molar-refractivity contribution in [1.82, 2.24) is 24.1 Å². The summed E-state index contributed by atoms with van der Waals surface area (Å²) in [7, 11) is -2.01. The van der Waals surface area contributed by atoms with Gasteiger partial charge in [-0.2, -0.15) is 27.6 Å². The van der Waals surface area contributed by atoms with Crippen molar-refractivity contribution in [2.24, 2.45) is 7.05 Å². The molecular formula is C18H23F3N6O4S. The second-order valence-corrected chi connectivity index (χ2v) is 9.62. The predicted molar refractivity (Wildman–Crippen MR) is 105 cm³/mol. The summed E-state index contributed by atoms with van der Waals surface area (Å²) in [5.74, 6) is -0.539. The molecule has 0 spiro atoms. The summed E-state index contributed by atoms with van der Waals surface area (Å²) in [5, 5.41) is 6.90. The Morgan fingerprint density at radius 2 is 1.97 bits per heavy atom. The van der Waals surface area contributed by atoms with Gasteiger partial charge in [-0.1, -0.05) is 0 Å². The van der Waals surface area contributed by atoms with Gasteiger partial charge >= 0.3 is 6.18 Å². The van der Waals surface area contributed by atoms with E-state index in [9.17, 15) is 21.6 Å². The van der Waals surface area contributed by atoms with E-state index in [0.717, 1.165) is 0 Å². The van der Waals surface area contributed by atoms with Crippen LogP contribution in [0.4, 0.5) is 19.1 Å². The van der Waals surface area contributed by atoms with Gasteiger partial charge in [0.1, 0.15) is 16.6 Å². The van der Waals surface area contributed by atoms with Crippen LogP contribution in [-0.4, -0.2) is 70.9 Å². The summed E-state index contributed by atoms with van der Waals surface area (Å²) in [5.41, 5.74) is -1.05. The number of ether oxygens (including phenoxy) is 2. The molecular weight excluding hydrogens is 453 g/mol. The Labute approximate surface area is 182 Å². The van der Waals surface area contributed by atoms with Crippen LogP contribution in [-0.2, 0) is 28.0 Å². The van der Waals surface area contributed by atoms with E-state index in [2.05, 4.69) is 20.4 Å². The lowest BCUT2D eigenvalue weighted by Crippen LogP contribution is -2.42. The maximum absolute atomic E-state index is 13.3. The van der Waals surface area contributed by atoms with Crippen molar-refractivity contribution in [3.8, 4) is 5.88 Å². The second kappa shape index (κ2) is 8.83. The number of hydrogen-bond acceptors (Lipinski definition) is 8. The molecule has 4 heterocycles. The molecule has 32 heavy (non-hydrogen) atoms. The van der Waals surface area contributed by atoms with Crippen LogP contribution >= 0.6 is 0 Å². The van der Waals surface area contributed by atoms with E-state index in [-0.39, 0.29) is 36.6 Å². The Morgan fingerprint density at radius 1 is 1.22 bits per heavy atom. The zero-order valence-electron chi connectivity index (χ0n) is 17.2. The minimum absolute atomic E-state index is 0.000446. The first-order valence-electron chi connectivity index (χ1n) is 10.1. The molecule has 4 rings (SSSR count). The molecule has 176 valence electrons. The summed E-state index contributed by atoms with van der Waals surface area (Å²) in [4.78, 5) is 7.87. The summed E-state index contributed by atoms with van der Waals surface area (Å²) in [6.07, 6.45) is -0.359. The van der Waals surface area contributed by atoms with E-state index < -0.39 is 33.7 Å². The van der Waals surface area contributed by atoms with E-state index in [1.165, 1.54) is 21.4 Å². The number of rotatable bonds is 6. The maximum Gasteiger partial charge on any atom is 0.423 e. The highest BCUT2D eigenvalue weighted by atomic mass is 32.2. The van der Waals surface area contributed by atoms with Gasteiger partial charge in [-0.15, -0.1) is 0 Å². The number of aryl methyl sites for hydroxylation is 1. The van der Waals surface area contributed by atoms with Crippen LogP contribution in [0.25, 0.3) is 0 Å². The monoisotopic (exact) mass is 476 g/mol. The number of anilines is 1. The number of nitrogens with one attached hydrogen (secondary N) is 1. The van der Waals surface area contributed by atoms with Crippen molar-refractivity contribution < 1.29 is 31.1 Å². The average Bonchev–Trinajstić information content (AvgIpc) is 3.40.